The number of carbonyl (C=O) groups is 1. The van der Waals surface area contributed by atoms with Crippen molar-refractivity contribution in [1.29, 1.82) is 0 Å². The first-order chi connectivity index (χ1) is 14.0. The molecule has 0 atom stereocenters. The minimum absolute atomic E-state index is 0.115. The number of methoxy groups -OCH3 is 1. The molecule has 0 bridgehead atoms. The number of nitrogens with zero attached hydrogens (tertiary/aromatic N) is 1. The summed E-state index contributed by atoms with van der Waals surface area (Å²) in [4.78, 5) is 16.4. The third-order valence-corrected chi connectivity index (χ3v) is 5.37. The number of aryl methyl sites for hydroxylation is 1. The van der Waals surface area contributed by atoms with Crippen LogP contribution in [0.4, 0.5) is 0 Å². The van der Waals surface area contributed by atoms with Gasteiger partial charge in [0.05, 0.1) is 35.4 Å². The first-order valence-corrected chi connectivity index (χ1v) is 10.4. The van der Waals surface area contributed by atoms with Gasteiger partial charge in [-0.2, -0.15) is 0 Å². The fraction of sp³-hybridized carbons (Fsp3) is 0.304. The molecule has 0 fully saturated rings. The number of carbonyl (C=O) groups excluding carboxylic acids is 1. The Hall–Kier alpha value is -2.60. The van der Waals surface area contributed by atoms with Crippen LogP contribution < -0.4 is 14.6 Å². The van der Waals surface area contributed by atoms with Gasteiger partial charge in [-0.25, -0.2) is 4.98 Å². The van der Waals surface area contributed by atoms with E-state index in [4.69, 9.17) is 14.5 Å². The average molecular weight is 457 g/mol. The third kappa shape index (κ3) is 4.53. The predicted octanol–water partition coefficient (Wildman–Crippen LogP) is 4.91. The molecule has 0 radical (unpaired) electrons. The van der Waals surface area contributed by atoms with Crippen LogP contribution in [-0.2, 0) is 0 Å². The van der Waals surface area contributed by atoms with Crippen molar-refractivity contribution in [3.8, 4) is 22.8 Å². The lowest BCUT2D eigenvalue weighted by atomic mass is 10.0. The number of hydrogen-bond donors (Lipinski definition) is 0. The van der Waals surface area contributed by atoms with E-state index in [2.05, 4.69) is 22.9 Å². The fourth-order valence-electron chi connectivity index (χ4n) is 3.24. The van der Waals surface area contributed by atoms with Gasteiger partial charge in [-0.1, -0.05) is 38.0 Å². The Kier molecular flexibility index (Phi) is 6.75. The van der Waals surface area contributed by atoms with Gasteiger partial charge >= 0.3 is 0 Å². The molecule has 0 unspecified atom stereocenters. The van der Waals surface area contributed by atoms with Crippen molar-refractivity contribution in [2.45, 2.75) is 33.1 Å². The maximum Gasteiger partial charge on any atom is 0.175 e. The van der Waals surface area contributed by atoms with Crippen LogP contribution in [0.25, 0.3) is 22.2 Å². The number of aromatic nitrogens is 1. The molecule has 0 saturated carbocycles. The van der Waals surface area contributed by atoms with Gasteiger partial charge in [0.1, 0.15) is 0 Å². The summed E-state index contributed by atoms with van der Waals surface area (Å²) in [6.45, 7) is 4.65. The molecule has 0 aliphatic heterocycles. The highest BCUT2D eigenvalue weighted by Gasteiger charge is 2.16. The Morgan fingerprint density at radius 3 is 2.69 bits per heavy atom. The van der Waals surface area contributed by atoms with Crippen molar-refractivity contribution in [1.82, 2.24) is 4.98 Å². The highest BCUT2D eigenvalue weighted by atomic mass is 79.9. The second-order valence-electron chi connectivity index (χ2n) is 6.86. The van der Waals surface area contributed by atoms with Gasteiger partial charge in [0.2, 0.25) is 0 Å². The number of hydrogen-bond acceptors (Lipinski definition) is 5. The number of carboxylic acid groups (broad SMARTS) is 1. The summed E-state index contributed by atoms with van der Waals surface area (Å²) in [7, 11) is 1.58. The van der Waals surface area contributed by atoms with E-state index in [1.807, 2.05) is 31.2 Å². The van der Waals surface area contributed by atoms with Gasteiger partial charge in [0.25, 0.3) is 0 Å². The van der Waals surface area contributed by atoms with Crippen molar-refractivity contribution < 1.29 is 19.4 Å². The molecule has 2 aromatic carbocycles. The lowest BCUT2D eigenvalue weighted by Crippen LogP contribution is -2.22. The van der Waals surface area contributed by atoms with Gasteiger partial charge < -0.3 is 19.4 Å². The number of ether oxygens (including phenoxy) is 2. The third-order valence-electron chi connectivity index (χ3n) is 4.78. The summed E-state index contributed by atoms with van der Waals surface area (Å²) < 4.78 is 12.2. The van der Waals surface area contributed by atoms with E-state index in [1.54, 1.807) is 19.2 Å². The van der Waals surface area contributed by atoms with E-state index < -0.39 is 5.97 Å². The van der Waals surface area contributed by atoms with E-state index in [1.165, 1.54) is 0 Å². The van der Waals surface area contributed by atoms with Crippen LogP contribution in [-0.4, -0.2) is 24.7 Å². The predicted molar refractivity (Wildman–Crippen MR) is 116 cm³/mol. The summed E-state index contributed by atoms with van der Waals surface area (Å²) in [6, 6.07) is 10.7. The average Bonchev–Trinajstić information content (AvgIpc) is 2.71. The Morgan fingerprint density at radius 1 is 1.21 bits per heavy atom. The number of para-hydroxylation sites is 1. The van der Waals surface area contributed by atoms with Crippen molar-refractivity contribution in [3.63, 3.8) is 0 Å². The van der Waals surface area contributed by atoms with Gasteiger partial charge in [-0.3, -0.25) is 0 Å². The standard InChI is InChI=1S/C23H24BrNO4/c1-4-5-6-10-29-22-18(24)11-15(12-20(22)28-3)19-13-17(23(26)27)16-9-7-8-14(2)21(16)25-19/h7-9,11-13H,4-6,10H2,1-3H3,(H,26,27)/p-1. The van der Waals surface area contributed by atoms with E-state index in [0.29, 0.717) is 34.7 Å². The molecule has 5 nitrogen and oxygen atoms in total. The molecule has 6 heteroatoms. The number of carboxylic acids is 1. The summed E-state index contributed by atoms with van der Waals surface area (Å²) in [5.74, 6) is -0.0387. The molecule has 0 aliphatic rings. The summed E-state index contributed by atoms with van der Waals surface area (Å²) in [5.41, 5.74) is 2.90. The number of unbranched alkanes of at least 4 members (excludes halogenated alkanes) is 2. The van der Waals surface area contributed by atoms with Gasteiger partial charge in [-0.15, -0.1) is 0 Å². The van der Waals surface area contributed by atoms with Crippen LogP contribution >= 0.6 is 15.9 Å². The zero-order chi connectivity index (χ0) is 21.0. The van der Waals surface area contributed by atoms with Crippen LogP contribution in [0.2, 0.25) is 0 Å². The molecule has 1 heterocycles. The fourth-order valence-corrected chi connectivity index (χ4v) is 3.80. The smallest absolute Gasteiger partial charge is 0.175 e. The number of aromatic carboxylic acids is 1. The van der Waals surface area contributed by atoms with Crippen LogP contribution in [0.5, 0.6) is 11.5 Å². The van der Waals surface area contributed by atoms with Gasteiger partial charge in [-0.05, 0) is 53.0 Å². The summed E-state index contributed by atoms with van der Waals surface area (Å²) >= 11 is 3.56. The topological polar surface area (TPSA) is 71.5 Å². The first kappa shape index (κ1) is 21.1. The summed E-state index contributed by atoms with van der Waals surface area (Å²) in [5, 5.41) is 12.3. The maximum atomic E-state index is 11.7. The van der Waals surface area contributed by atoms with Crippen molar-refractivity contribution >= 4 is 32.8 Å². The second-order valence-corrected chi connectivity index (χ2v) is 7.71. The van der Waals surface area contributed by atoms with E-state index in [0.717, 1.165) is 34.9 Å². The molecule has 29 heavy (non-hydrogen) atoms. The van der Waals surface area contributed by atoms with Crippen LogP contribution in [0.1, 0.15) is 42.1 Å². The second kappa shape index (κ2) is 9.27. The molecule has 3 rings (SSSR count). The van der Waals surface area contributed by atoms with E-state index in [9.17, 15) is 9.90 Å². The molecule has 1 aromatic heterocycles. The molecular weight excluding hydrogens is 434 g/mol. The highest BCUT2D eigenvalue weighted by Crippen LogP contribution is 2.40. The number of rotatable bonds is 8. The Morgan fingerprint density at radius 2 is 2.00 bits per heavy atom. The van der Waals surface area contributed by atoms with Crippen molar-refractivity contribution in [3.05, 3.63) is 52.0 Å². The number of pyridine rings is 1. The molecular formula is C23H23BrNO4-. The molecule has 3 aromatic rings. The highest BCUT2D eigenvalue weighted by molar-refractivity contribution is 9.10. The Labute approximate surface area is 178 Å². The number of fused-ring (bicyclic) bond motifs is 1. The first-order valence-electron chi connectivity index (χ1n) is 9.58. The molecule has 152 valence electrons. The van der Waals surface area contributed by atoms with E-state index in [-0.39, 0.29) is 5.56 Å². The largest absolute Gasteiger partial charge is 0.545 e. The lowest BCUT2D eigenvalue weighted by molar-refractivity contribution is -0.254. The Balaban J connectivity index is 2.08. The molecule has 0 spiro atoms. The normalized spacial score (nSPS) is 10.9. The van der Waals surface area contributed by atoms with Gasteiger partial charge in [0, 0.05) is 16.5 Å². The SMILES string of the molecule is CCCCCOc1c(Br)cc(-c2cc(C(=O)[O-])c3cccc(C)c3n2)cc1OC. The number of halogens is 1. The monoisotopic (exact) mass is 456 g/mol. The van der Waals surface area contributed by atoms with Crippen molar-refractivity contribution in [2.24, 2.45) is 0 Å². The molecule has 0 amide bonds. The van der Waals surface area contributed by atoms with Crippen LogP contribution in [0.15, 0.2) is 40.9 Å². The zero-order valence-electron chi connectivity index (χ0n) is 16.8. The van der Waals surface area contributed by atoms with E-state index >= 15 is 0 Å². The molecule has 0 aliphatic carbocycles. The quantitative estimate of drug-likeness (QED) is 0.450. The van der Waals surface area contributed by atoms with Crippen LogP contribution in [0.3, 0.4) is 0 Å². The Bertz CT molecular complexity index is 1050. The minimum atomic E-state index is -1.23. The molecule has 0 saturated heterocycles. The summed E-state index contributed by atoms with van der Waals surface area (Å²) in [6.07, 6.45) is 3.19. The van der Waals surface area contributed by atoms with Gasteiger partial charge in [0.15, 0.2) is 11.5 Å². The molecule has 0 N–H and O–H groups in total. The van der Waals surface area contributed by atoms with Crippen molar-refractivity contribution in [2.75, 3.05) is 13.7 Å². The maximum absolute atomic E-state index is 11.7. The zero-order valence-corrected chi connectivity index (χ0v) is 18.3. The van der Waals surface area contributed by atoms with Crippen LogP contribution in [0, 0.1) is 6.92 Å². The minimum Gasteiger partial charge on any atom is -0.545 e. The lowest BCUT2D eigenvalue weighted by Gasteiger charge is -2.16. The number of benzene rings is 2.